The number of aliphatic hydroxyl groups excluding tert-OH is 1. The van der Waals surface area contributed by atoms with Gasteiger partial charge in [0.2, 0.25) is 0 Å². The van der Waals surface area contributed by atoms with E-state index in [2.05, 4.69) is 10.0 Å². The third-order valence-corrected chi connectivity index (χ3v) is 7.18. The molecule has 3 rings (SSSR count). The third-order valence-electron chi connectivity index (χ3n) is 4.09. The number of benzene rings is 2. The molecule has 142 valence electrons. The minimum Gasteiger partial charge on any atom is -0.390 e. The average Bonchev–Trinajstić information content (AvgIpc) is 2.88. The van der Waals surface area contributed by atoms with Gasteiger partial charge < -0.3 is 10.4 Å². The van der Waals surface area contributed by atoms with Crippen molar-refractivity contribution in [2.24, 2.45) is 0 Å². The Morgan fingerprint density at radius 2 is 1.74 bits per heavy atom. The van der Waals surface area contributed by atoms with Gasteiger partial charge in [0.1, 0.15) is 0 Å². The number of nitriles is 1. The summed E-state index contributed by atoms with van der Waals surface area (Å²) in [5.41, 5.74) is 1.11. The van der Waals surface area contributed by atoms with Crippen molar-refractivity contribution in [2.45, 2.75) is 17.0 Å². The molecule has 2 atom stereocenters. The topological polar surface area (TPSA) is 136 Å². The van der Waals surface area contributed by atoms with E-state index in [9.17, 15) is 21.9 Å². The first kappa shape index (κ1) is 19.2. The number of sulfone groups is 1. The highest BCUT2D eigenvalue weighted by Gasteiger charge is 2.36. The first-order chi connectivity index (χ1) is 12.7. The Morgan fingerprint density at radius 1 is 1.07 bits per heavy atom. The Balaban J connectivity index is 1.71. The van der Waals surface area contributed by atoms with E-state index in [1.165, 1.54) is 36.4 Å². The summed E-state index contributed by atoms with van der Waals surface area (Å²) in [4.78, 5) is -0.0250. The van der Waals surface area contributed by atoms with Crippen LogP contribution in [0.2, 0.25) is 0 Å². The van der Waals surface area contributed by atoms with Crippen LogP contribution < -0.4 is 10.0 Å². The maximum Gasteiger partial charge on any atom is 0.261 e. The molecule has 1 saturated heterocycles. The normalized spacial score (nSPS) is 21.3. The molecular weight excluding hydrogens is 390 g/mol. The summed E-state index contributed by atoms with van der Waals surface area (Å²) < 4.78 is 50.3. The molecular formula is C17H17N3O5S2. The minimum atomic E-state index is -3.85. The van der Waals surface area contributed by atoms with E-state index < -0.39 is 32.0 Å². The molecule has 0 spiro atoms. The molecule has 0 amide bonds. The number of nitrogens with one attached hydrogen (secondary N) is 2. The van der Waals surface area contributed by atoms with Gasteiger partial charge in [-0.1, -0.05) is 6.07 Å². The summed E-state index contributed by atoms with van der Waals surface area (Å²) in [7, 11) is -7.11. The molecule has 0 aliphatic carbocycles. The van der Waals surface area contributed by atoms with Crippen LogP contribution in [0.1, 0.15) is 5.56 Å². The van der Waals surface area contributed by atoms with Crippen LogP contribution >= 0.6 is 0 Å². The van der Waals surface area contributed by atoms with Gasteiger partial charge in [-0.05, 0) is 42.5 Å². The van der Waals surface area contributed by atoms with Crippen LogP contribution in [-0.2, 0) is 19.9 Å². The van der Waals surface area contributed by atoms with Gasteiger partial charge >= 0.3 is 0 Å². The van der Waals surface area contributed by atoms with Crippen molar-refractivity contribution in [3.8, 4) is 6.07 Å². The summed E-state index contributed by atoms with van der Waals surface area (Å²) in [6.45, 7) is 0. The maximum atomic E-state index is 12.4. The molecule has 0 saturated carbocycles. The van der Waals surface area contributed by atoms with Gasteiger partial charge in [-0.25, -0.2) is 16.8 Å². The quantitative estimate of drug-likeness (QED) is 0.670. The molecule has 0 unspecified atom stereocenters. The van der Waals surface area contributed by atoms with E-state index in [4.69, 9.17) is 5.26 Å². The van der Waals surface area contributed by atoms with Crippen molar-refractivity contribution in [3.63, 3.8) is 0 Å². The number of rotatable bonds is 5. The second kappa shape index (κ2) is 7.19. The molecule has 8 nitrogen and oxygen atoms in total. The van der Waals surface area contributed by atoms with E-state index in [-0.39, 0.29) is 22.0 Å². The van der Waals surface area contributed by atoms with Gasteiger partial charge in [-0.2, -0.15) is 5.26 Å². The summed E-state index contributed by atoms with van der Waals surface area (Å²) in [5, 5.41) is 21.6. The zero-order valence-electron chi connectivity index (χ0n) is 14.0. The fraction of sp³-hybridized carbons (Fsp3) is 0.235. The molecule has 2 aromatic rings. The third kappa shape index (κ3) is 4.57. The predicted octanol–water partition coefficient (Wildman–Crippen LogP) is 0.929. The van der Waals surface area contributed by atoms with Crippen LogP contribution in [0.15, 0.2) is 53.4 Å². The van der Waals surface area contributed by atoms with E-state index in [1.54, 1.807) is 12.1 Å². The largest absolute Gasteiger partial charge is 0.390 e. The molecule has 10 heteroatoms. The Hall–Kier alpha value is -2.61. The van der Waals surface area contributed by atoms with Crippen molar-refractivity contribution in [2.75, 3.05) is 21.5 Å². The van der Waals surface area contributed by atoms with Crippen LogP contribution in [0.5, 0.6) is 0 Å². The van der Waals surface area contributed by atoms with Crippen molar-refractivity contribution in [1.29, 1.82) is 5.26 Å². The van der Waals surface area contributed by atoms with Gasteiger partial charge in [0.15, 0.2) is 9.84 Å². The number of aliphatic hydroxyl groups is 1. The van der Waals surface area contributed by atoms with Crippen molar-refractivity contribution in [3.05, 3.63) is 54.1 Å². The lowest BCUT2D eigenvalue weighted by Crippen LogP contribution is -2.31. The lowest BCUT2D eigenvalue weighted by Gasteiger charge is -2.16. The minimum absolute atomic E-state index is 0.0250. The Kier molecular flexibility index (Phi) is 5.10. The lowest BCUT2D eigenvalue weighted by molar-refractivity contribution is 0.190. The number of anilines is 2. The fourth-order valence-electron chi connectivity index (χ4n) is 2.76. The average molecular weight is 407 g/mol. The molecule has 2 aromatic carbocycles. The predicted molar refractivity (Wildman–Crippen MR) is 100 cm³/mol. The summed E-state index contributed by atoms with van der Waals surface area (Å²) in [6.07, 6.45) is -0.986. The van der Waals surface area contributed by atoms with Crippen molar-refractivity contribution < 1.29 is 21.9 Å². The van der Waals surface area contributed by atoms with Gasteiger partial charge in [0.25, 0.3) is 10.0 Å². The van der Waals surface area contributed by atoms with Crippen LogP contribution in [0.25, 0.3) is 0 Å². The number of sulfonamides is 1. The van der Waals surface area contributed by atoms with Crippen molar-refractivity contribution in [1.82, 2.24) is 0 Å². The summed E-state index contributed by atoms with van der Waals surface area (Å²) >= 11 is 0. The van der Waals surface area contributed by atoms with E-state index in [1.807, 2.05) is 6.07 Å². The van der Waals surface area contributed by atoms with Crippen LogP contribution in [0.3, 0.4) is 0 Å². The highest BCUT2D eigenvalue weighted by Crippen LogP contribution is 2.22. The smallest absolute Gasteiger partial charge is 0.261 e. The first-order valence-electron chi connectivity index (χ1n) is 7.97. The molecule has 0 radical (unpaired) electrons. The van der Waals surface area contributed by atoms with Gasteiger partial charge in [-0.3, -0.25) is 4.72 Å². The van der Waals surface area contributed by atoms with Crippen LogP contribution in [-0.4, -0.2) is 45.6 Å². The van der Waals surface area contributed by atoms with Gasteiger partial charge in [0.05, 0.1) is 40.2 Å². The monoisotopic (exact) mass is 407 g/mol. The number of hydrogen-bond donors (Lipinski definition) is 3. The molecule has 0 aromatic heterocycles. The zero-order chi connectivity index (χ0) is 19.7. The Labute approximate surface area is 157 Å². The second-order valence-electron chi connectivity index (χ2n) is 6.22. The standard InChI is InChI=1S/C17H17N3O5S2/c18-9-12-2-1-3-15(8-12)27(24,25)20-14-6-4-13(5-7-14)19-16-10-26(22,23)11-17(16)21/h1-8,16-17,19-21H,10-11H2/t16-,17+/m0/s1. The number of hydrogen-bond acceptors (Lipinski definition) is 7. The Morgan fingerprint density at radius 3 is 2.33 bits per heavy atom. The zero-order valence-corrected chi connectivity index (χ0v) is 15.7. The van der Waals surface area contributed by atoms with Crippen LogP contribution in [0.4, 0.5) is 11.4 Å². The molecule has 1 aliphatic rings. The van der Waals surface area contributed by atoms with E-state index in [0.29, 0.717) is 11.4 Å². The fourth-order valence-corrected chi connectivity index (χ4v) is 5.61. The number of nitrogens with zero attached hydrogens (tertiary/aromatic N) is 1. The Bertz CT molecular complexity index is 1090. The molecule has 1 heterocycles. The molecule has 3 N–H and O–H groups in total. The second-order valence-corrected chi connectivity index (χ2v) is 10.1. The van der Waals surface area contributed by atoms with E-state index >= 15 is 0 Å². The highest BCUT2D eigenvalue weighted by molar-refractivity contribution is 7.92. The maximum absolute atomic E-state index is 12.4. The lowest BCUT2D eigenvalue weighted by atomic mass is 10.2. The van der Waals surface area contributed by atoms with Crippen LogP contribution in [0, 0.1) is 11.3 Å². The van der Waals surface area contributed by atoms with Gasteiger partial charge in [-0.15, -0.1) is 0 Å². The molecule has 0 bridgehead atoms. The van der Waals surface area contributed by atoms with E-state index in [0.717, 1.165) is 0 Å². The van der Waals surface area contributed by atoms with Crippen molar-refractivity contribution >= 4 is 31.2 Å². The molecule has 27 heavy (non-hydrogen) atoms. The van der Waals surface area contributed by atoms with Gasteiger partial charge in [0, 0.05) is 11.4 Å². The highest BCUT2D eigenvalue weighted by atomic mass is 32.2. The summed E-state index contributed by atoms with van der Waals surface area (Å²) in [6, 6.07) is 13.2. The molecule has 1 fully saturated rings. The summed E-state index contributed by atoms with van der Waals surface area (Å²) in [5.74, 6) is -0.428. The molecule has 1 aliphatic heterocycles. The first-order valence-corrected chi connectivity index (χ1v) is 11.3. The SMILES string of the molecule is N#Cc1cccc(S(=O)(=O)Nc2ccc(N[C@H]3CS(=O)(=O)C[C@H]3O)cc2)c1.